The van der Waals surface area contributed by atoms with E-state index in [1.165, 1.54) is 39.3 Å². The molecule has 0 bridgehead atoms. The fourth-order valence-electron chi connectivity index (χ4n) is 8.07. The molecular formula is C40H31N3O. The lowest BCUT2D eigenvalue weighted by Gasteiger charge is -2.35. The van der Waals surface area contributed by atoms with Crippen molar-refractivity contribution in [2.75, 3.05) is 10.2 Å². The monoisotopic (exact) mass is 569 g/mol. The van der Waals surface area contributed by atoms with E-state index in [0.29, 0.717) is 17.7 Å². The molecule has 2 heterocycles. The molecule has 44 heavy (non-hydrogen) atoms. The molecule has 3 aromatic carbocycles. The van der Waals surface area contributed by atoms with E-state index in [1.54, 1.807) is 0 Å². The molecule has 10 rings (SSSR count). The first kappa shape index (κ1) is 24.4. The molecule has 4 unspecified atom stereocenters. The number of nitrogens with zero attached hydrogens (tertiary/aromatic N) is 2. The normalized spacial score (nSPS) is 27.8. The second-order valence-electron chi connectivity index (χ2n) is 12.9. The Morgan fingerprint density at radius 2 is 1.75 bits per heavy atom. The molecule has 5 aliphatic carbocycles. The van der Waals surface area contributed by atoms with Gasteiger partial charge in [-0.1, -0.05) is 85.0 Å². The maximum Gasteiger partial charge on any atom is 0.226 e. The van der Waals surface area contributed by atoms with Gasteiger partial charge in [0.2, 0.25) is 5.89 Å². The van der Waals surface area contributed by atoms with Crippen molar-refractivity contribution in [3.8, 4) is 11.5 Å². The third kappa shape index (κ3) is 3.42. The van der Waals surface area contributed by atoms with Crippen molar-refractivity contribution in [1.29, 1.82) is 0 Å². The summed E-state index contributed by atoms with van der Waals surface area (Å²) in [6.07, 6.45) is 23.8. The second kappa shape index (κ2) is 8.73. The number of hydrogen-bond acceptors (Lipinski definition) is 4. The number of oxazole rings is 1. The lowest BCUT2D eigenvalue weighted by Crippen LogP contribution is -2.37. The Kier molecular flexibility index (Phi) is 4.83. The number of aromatic nitrogens is 1. The van der Waals surface area contributed by atoms with Gasteiger partial charge in [-0.15, -0.1) is 0 Å². The Labute approximate surface area is 257 Å². The summed E-state index contributed by atoms with van der Waals surface area (Å²) in [5.74, 6) is 2.52. The maximum atomic E-state index is 6.35. The first-order valence-corrected chi connectivity index (χ1v) is 15.7. The van der Waals surface area contributed by atoms with E-state index in [-0.39, 0.29) is 11.1 Å². The summed E-state index contributed by atoms with van der Waals surface area (Å²) < 4.78 is 6.35. The molecule has 2 fully saturated rings. The van der Waals surface area contributed by atoms with Crippen LogP contribution in [-0.2, 0) is 0 Å². The lowest BCUT2D eigenvalue weighted by molar-refractivity contribution is 0.561. The van der Waals surface area contributed by atoms with E-state index >= 15 is 0 Å². The fraction of sp³-hybridized carbons (Fsp3) is 0.175. The quantitative estimate of drug-likeness (QED) is 0.260. The van der Waals surface area contributed by atoms with Gasteiger partial charge in [-0.25, -0.2) is 4.98 Å². The highest BCUT2D eigenvalue weighted by Crippen LogP contribution is 2.67. The molecule has 0 radical (unpaired) electrons. The van der Waals surface area contributed by atoms with Crippen molar-refractivity contribution in [1.82, 2.24) is 4.98 Å². The second-order valence-corrected chi connectivity index (χ2v) is 12.9. The highest BCUT2D eigenvalue weighted by Gasteiger charge is 2.64. The first-order valence-electron chi connectivity index (χ1n) is 15.7. The van der Waals surface area contributed by atoms with Crippen molar-refractivity contribution in [3.63, 3.8) is 0 Å². The summed E-state index contributed by atoms with van der Waals surface area (Å²) >= 11 is 0. The summed E-state index contributed by atoms with van der Waals surface area (Å²) in [5, 5.41) is 3.89. The number of para-hydroxylation sites is 1. The van der Waals surface area contributed by atoms with E-state index in [2.05, 4.69) is 126 Å². The van der Waals surface area contributed by atoms with E-state index in [1.807, 2.05) is 18.2 Å². The Morgan fingerprint density at radius 3 is 2.61 bits per heavy atom. The molecule has 4 aromatic rings. The van der Waals surface area contributed by atoms with Gasteiger partial charge in [-0.05, 0) is 78.1 Å². The predicted octanol–water partition coefficient (Wildman–Crippen LogP) is 9.17. The zero-order chi connectivity index (χ0) is 28.9. The number of anilines is 2. The molecule has 1 spiro atoms. The van der Waals surface area contributed by atoms with Crippen molar-refractivity contribution in [2.45, 2.75) is 36.3 Å². The lowest BCUT2D eigenvalue weighted by atomic mass is 9.91. The van der Waals surface area contributed by atoms with Gasteiger partial charge in [0.1, 0.15) is 0 Å². The maximum absolute atomic E-state index is 6.35. The molecule has 1 N–H and O–H groups in total. The SMILES string of the molecule is C1=CC2CC2(N(C2=CC=C(c3ccc4c(c3)C3=Cc5oc(-c6ccccc6)nc5C5CC35N4)C=CC2)c2ccccc2)C=C1. The van der Waals surface area contributed by atoms with Gasteiger partial charge in [0, 0.05) is 46.5 Å². The highest BCUT2D eigenvalue weighted by atomic mass is 16.4. The van der Waals surface area contributed by atoms with Crippen LogP contribution in [0.3, 0.4) is 0 Å². The number of rotatable bonds is 5. The van der Waals surface area contributed by atoms with Crippen LogP contribution in [0.2, 0.25) is 0 Å². The van der Waals surface area contributed by atoms with Crippen molar-refractivity contribution >= 4 is 28.6 Å². The van der Waals surface area contributed by atoms with Crippen LogP contribution in [0.4, 0.5) is 11.4 Å². The first-order chi connectivity index (χ1) is 21.7. The minimum Gasteiger partial charge on any atom is -0.436 e. The molecule has 4 atom stereocenters. The van der Waals surface area contributed by atoms with E-state index in [0.717, 1.165) is 36.3 Å². The third-order valence-electron chi connectivity index (χ3n) is 10.4. The van der Waals surface area contributed by atoms with Crippen molar-refractivity contribution in [2.24, 2.45) is 5.92 Å². The largest absolute Gasteiger partial charge is 0.436 e. The number of allylic oxidation sites excluding steroid dienone is 7. The summed E-state index contributed by atoms with van der Waals surface area (Å²) in [4.78, 5) is 7.54. The number of fused-ring (bicyclic) bond motifs is 5. The minimum atomic E-state index is -0.0577. The van der Waals surface area contributed by atoms with Gasteiger partial charge in [0.25, 0.3) is 0 Å². The van der Waals surface area contributed by atoms with Gasteiger partial charge < -0.3 is 14.6 Å². The molecule has 1 aromatic heterocycles. The van der Waals surface area contributed by atoms with E-state index < -0.39 is 0 Å². The molecule has 4 nitrogen and oxygen atoms in total. The predicted molar refractivity (Wildman–Crippen MR) is 178 cm³/mol. The van der Waals surface area contributed by atoms with Crippen LogP contribution in [0.25, 0.3) is 28.7 Å². The highest BCUT2D eigenvalue weighted by molar-refractivity contribution is 6.03. The molecule has 0 amide bonds. The summed E-state index contributed by atoms with van der Waals surface area (Å²) in [6, 6.07) is 28.0. The van der Waals surface area contributed by atoms with Crippen molar-refractivity contribution < 1.29 is 4.42 Å². The standard InChI is InChI=1S/C40H31N3O/c1-3-10-27(11-4-1)38-41-37-34-25-40(34)33(23-36(37)44-38)32-22-28(18-20-35(32)42-40)26-12-9-16-31(19-17-26)43(30-14-5-2-6-15-30)39-21-8-7-13-29(39)24-39/h1-15,17-23,29,34,42H,16,24-25H2. The van der Waals surface area contributed by atoms with Crippen molar-refractivity contribution in [3.05, 3.63) is 156 Å². The third-order valence-corrected chi connectivity index (χ3v) is 10.4. The number of nitrogens with one attached hydrogen (secondary N) is 1. The molecule has 1 aliphatic heterocycles. The average Bonchev–Trinajstić information content (AvgIpc) is 3.93. The number of benzene rings is 3. The van der Waals surface area contributed by atoms with Crippen LogP contribution in [0.1, 0.15) is 47.8 Å². The summed E-state index contributed by atoms with van der Waals surface area (Å²) in [5.41, 5.74) is 11.0. The molecular weight excluding hydrogens is 538 g/mol. The van der Waals surface area contributed by atoms with Gasteiger partial charge in [0.05, 0.1) is 16.8 Å². The van der Waals surface area contributed by atoms with Gasteiger partial charge in [-0.3, -0.25) is 0 Å². The van der Waals surface area contributed by atoms with Gasteiger partial charge >= 0.3 is 0 Å². The zero-order valence-corrected chi connectivity index (χ0v) is 24.3. The minimum absolute atomic E-state index is 0.0376. The smallest absolute Gasteiger partial charge is 0.226 e. The van der Waals surface area contributed by atoms with E-state index in [9.17, 15) is 0 Å². The molecule has 6 aliphatic rings. The number of hydrogen-bond donors (Lipinski definition) is 1. The molecule has 2 saturated carbocycles. The van der Waals surface area contributed by atoms with Crippen LogP contribution in [0, 0.1) is 5.92 Å². The Balaban J connectivity index is 1.01. The Morgan fingerprint density at radius 1 is 0.886 bits per heavy atom. The van der Waals surface area contributed by atoms with Crippen LogP contribution in [-0.4, -0.2) is 16.1 Å². The van der Waals surface area contributed by atoms with E-state index in [4.69, 9.17) is 9.40 Å². The summed E-state index contributed by atoms with van der Waals surface area (Å²) in [7, 11) is 0. The summed E-state index contributed by atoms with van der Waals surface area (Å²) in [6.45, 7) is 0. The molecule has 0 saturated heterocycles. The van der Waals surface area contributed by atoms with Gasteiger partial charge in [-0.2, -0.15) is 0 Å². The zero-order valence-electron chi connectivity index (χ0n) is 24.3. The molecule has 212 valence electrons. The van der Waals surface area contributed by atoms with Crippen LogP contribution in [0.5, 0.6) is 0 Å². The topological polar surface area (TPSA) is 41.3 Å². The van der Waals surface area contributed by atoms with Crippen LogP contribution in [0.15, 0.2) is 138 Å². The fourth-order valence-corrected chi connectivity index (χ4v) is 8.07. The van der Waals surface area contributed by atoms with Crippen LogP contribution < -0.4 is 10.2 Å². The Hall–Kier alpha value is -5.09. The molecule has 4 heteroatoms. The average molecular weight is 570 g/mol. The van der Waals surface area contributed by atoms with Crippen LogP contribution >= 0.6 is 0 Å². The van der Waals surface area contributed by atoms with Gasteiger partial charge in [0.15, 0.2) is 5.76 Å². The Bertz CT molecular complexity index is 2040.